The van der Waals surface area contributed by atoms with E-state index in [1.165, 1.54) is 0 Å². The zero-order valence-corrected chi connectivity index (χ0v) is 6.71. The molecule has 2 aliphatic heterocycles. The molecule has 64 valence electrons. The molecule has 2 atom stereocenters. The molecule has 0 aromatic rings. The Morgan fingerprint density at radius 3 is 2.82 bits per heavy atom. The summed E-state index contributed by atoms with van der Waals surface area (Å²) >= 11 is 0. The van der Waals surface area contributed by atoms with Crippen molar-refractivity contribution in [2.24, 2.45) is 0 Å². The molecule has 0 aromatic carbocycles. The van der Waals surface area contributed by atoms with E-state index in [0.29, 0.717) is 6.54 Å². The van der Waals surface area contributed by atoms with Crippen LogP contribution in [0.25, 0.3) is 0 Å². The first-order valence-corrected chi connectivity index (χ1v) is 4.96. The SMILES string of the molecule is O=S(=O)(O)N1CC2NCCC21. The molecule has 2 aliphatic rings. The van der Waals surface area contributed by atoms with E-state index in [4.69, 9.17) is 4.55 Å². The quantitative estimate of drug-likeness (QED) is 0.497. The van der Waals surface area contributed by atoms with E-state index in [0.717, 1.165) is 17.3 Å². The molecule has 0 aliphatic carbocycles. The maximum Gasteiger partial charge on any atom is 0.336 e. The van der Waals surface area contributed by atoms with Crippen LogP contribution in [0.2, 0.25) is 0 Å². The molecular weight excluding hydrogens is 168 g/mol. The first-order chi connectivity index (χ1) is 5.09. The third-order valence-corrected chi connectivity index (χ3v) is 3.37. The van der Waals surface area contributed by atoms with Crippen LogP contribution in [0.5, 0.6) is 0 Å². The second-order valence-corrected chi connectivity index (χ2v) is 4.33. The van der Waals surface area contributed by atoms with Crippen LogP contribution >= 0.6 is 0 Å². The summed E-state index contributed by atoms with van der Waals surface area (Å²) in [6, 6.07) is 0.280. The van der Waals surface area contributed by atoms with Gasteiger partial charge in [-0.25, -0.2) is 0 Å². The number of fused-ring (bicyclic) bond motifs is 1. The maximum absolute atomic E-state index is 10.6. The maximum atomic E-state index is 10.6. The van der Waals surface area contributed by atoms with Crippen molar-refractivity contribution >= 4 is 10.3 Å². The lowest BCUT2D eigenvalue weighted by Gasteiger charge is -2.40. The minimum atomic E-state index is -3.93. The van der Waals surface area contributed by atoms with Crippen LogP contribution in [0.1, 0.15) is 6.42 Å². The Labute approximate surface area is 65.3 Å². The largest absolute Gasteiger partial charge is 0.336 e. The summed E-state index contributed by atoms with van der Waals surface area (Å²) in [5.74, 6) is 0. The summed E-state index contributed by atoms with van der Waals surface area (Å²) < 4.78 is 31.0. The summed E-state index contributed by atoms with van der Waals surface area (Å²) in [5, 5.41) is 3.14. The van der Waals surface area contributed by atoms with Gasteiger partial charge in [-0.15, -0.1) is 0 Å². The zero-order chi connectivity index (χ0) is 8.06. The van der Waals surface area contributed by atoms with E-state index in [1.807, 2.05) is 0 Å². The van der Waals surface area contributed by atoms with E-state index in [-0.39, 0.29) is 12.1 Å². The van der Waals surface area contributed by atoms with Crippen LogP contribution in [0, 0.1) is 0 Å². The van der Waals surface area contributed by atoms with Gasteiger partial charge < -0.3 is 5.32 Å². The highest BCUT2D eigenvalue weighted by Crippen LogP contribution is 2.27. The molecule has 5 nitrogen and oxygen atoms in total. The third kappa shape index (κ3) is 1.06. The van der Waals surface area contributed by atoms with Crippen LogP contribution < -0.4 is 5.32 Å². The molecule has 0 aromatic heterocycles. The molecule has 2 N–H and O–H groups in total. The van der Waals surface area contributed by atoms with Crippen molar-refractivity contribution in [2.45, 2.75) is 18.5 Å². The van der Waals surface area contributed by atoms with Crippen molar-refractivity contribution in [1.29, 1.82) is 0 Å². The van der Waals surface area contributed by atoms with Gasteiger partial charge in [0.1, 0.15) is 0 Å². The molecule has 2 heterocycles. The fourth-order valence-electron chi connectivity index (χ4n) is 1.74. The molecule has 2 rings (SSSR count). The topological polar surface area (TPSA) is 69.6 Å². The fourth-order valence-corrected chi connectivity index (χ4v) is 2.68. The highest BCUT2D eigenvalue weighted by Gasteiger charge is 2.47. The van der Waals surface area contributed by atoms with Crippen molar-refractivity contribution in [2.75, 3.05) is 13.1 Å². The minimum absolute atomic E-state index is 0.00463. The Bertz CT molecular complexity index is 263. The Morgan fingerprint density at radius 2 is 2.27 bits per heavy atom. The highest BCUT2D eigenvalue weighted by atomic mass is 32.2. The number of nitrogens with one attached hydrogen (secondary N) is 1. The molecule has 11 heavy (non-hydrogen) atoms. The zero-order valence-electron chi connectivity index (χ0n) is 5.90. The van der Waals surface area contributed by atoms with Crippen LogP contribution in [-0.4, -0.2) is 42.4 Å². The average molecular weight is 178 g/mol. The molecular formula is C5H10N2O3S. The second kappa shape index (κ2) is 2.16. The first kappa shape index (κ1) is 7.48. The van der Waals surface area contributed by atoms with Gasteiger partial charge in [0.2, 0.25) is 0 Å². The molecule has 2 fully saturated rings. The van der Waals surface area contributed by atoms with Gasteiger partial charge in [-0.1, -0.05) is 0 Å². The van der Waals surface area contributed by atoms with Crippen molar-refractivity contribution in [3.8, 4) is 0 Å². The van der Waals surface area contributed by atoms with Crippen molar-refractivity contribution in [3.63, 3.8) is 0 Å². The molecule has 2 saturated heterocycles. The molecule has 0 amide bonds. The Morgan fingerprint density at radius 1 is 1.55 bits per heavy atom. The Balaban J connectivity index is 2.12. The minimum Gasteiger partial charge on any atom is -0.311 e. The van der Waals surface area contributed by atoms with Gasteiger partial charge in [-0.05, 0) is 13.0 Å². The Hall–Kier alpha value is -0.170. The predicted octanol–water partition coefficient (Wildman–Crippen LogP) is -1.16. The van der Waals surface area contributed by atoms with Crippen LogP contribution in [0.15, 0.2) is 0 Å². The number of hydrogen-bond donors (Lipinski definition) is 2. The Kier molecular flexibility index (Phi) is 1.47. The van der Waals surface area contributed by atoms with E-state index < -0.39 is 10.3 Å². The average Bonchev–Trinajstić information content (AvgIpc) is 2.08. The summed E-state index contributed by atoms with van der Waals surface area (Å²) in [5.41, 5.74) is 0. The standard InChI is InChI=1S/C5H10N2O3S/c8-11(9,10)7-3-4-5(7)1-2-6-4/h4-6H,1-3H2,(H,8,9,10). The van der Waals surface area contributed by atoms with Gasteiger partial charge in [0.05, 0.1) is 0 Å². The number of rotatable bonds is 1. The van der Waals surface area contributed by atoms with Gasteiger partial charge in [-0.2, -0.15) is 12.7 Å². The molecule has 0 bridgehead atoms. The molecule has 0 spiro atoms. The normalized spacial score (nSPS) is 38.3. The molecule has 0 radical (unpaired) electrons. The third-order valence-electron chi connectivity index (χ3n) is 2.35. The van der Waals surface area contributed by atoms with E-state index >= 15 is 0 Å². The lowest BCUT2D eigenvalue weighted by molar-refractivity contribution is 0.158. The highest BCUT2D eigenvalue weighted by molar-refractivity contribution is 7.83. The summed E-state index contributed by atoms with van der Waals surface area (Å²) in [4.78, 5) is 0. The summed E-state index contributed by atoms with van der Waals surface area (Å²) in [7, 11) is -3.93. The lowest BCUT2D eigenvalue weighted by Crippen LogP contribution is -2.62. The monoisotopic (exact) mass is 178 g/mol. The van der Waals surface area contributed by atoms with Gasteiger partial charge >= 0.3 is 10.3 Å². The fraction of sp³-hybridized carbons (Fsp3) is 1.00. The predicted molar refractivity (Wildman–Crippen MR) is 38.5 cm³/mol. The van der Waals surface area contributed by atoms with Gasteiger partial charge in [0.25, 0.3) is 0 Å². The second-order valence-electron chi connectivity index (χ2n) is 2.96. The van der Waals surface area contributed by atoms with E-state index in [1.54, 1.807) is 0 Å². The van der Waals surface area contributed by atoms with Gasteiger partial charge in [0, 0.05) is 18.6 Å². The van der Waals surface area contributed by atoms with Gasteiger partial charge in [0.15, 0.2) is 0 Å². The summed E-state index contributed by atoms with van der Waals surface area (Å²) in [6.45, 7) is 1.27. The first-order valence-electron chi connectivity index (χ1n) is 3.56. The van der Waals surface area contributed by atoms with E-state index in [9.17, 15) is 8.42 Å². The van der Waals surface area contributed by atoms with Crippen LogP contribution in [0.4, 0.5) is 0 Å². The van der Waals surface area contributed by atoms with Crippen molar-refractivity contribution in [3.05, 3.63) is 0 Å². The van der Waals surface area contributed by atoms with E-state index in [2.05, 4.69) is 5.32 Å². The smallest absolute Gasteiger partial charge is 0.311 e. The van der Waals surface area contributed by atoms with Crippen LogP contribution in [-0.2, 0) is 10.3 Å². The number of hydrogen-bond acceptors (Lipinski definition) is 3. The molecule has 2 unspecified atom stereocenters. The lowest BCUT2D eigenvalue weighted by atomic mass is 10.0. The number of nitrogens with zero attached hydrogens (tertiary/aromatic N) is 1. The van der Waals surface area contributed by atoms with Crippen molar-refractivity contribution < 1.29 is 13.0 Å². The summed E-state index contributed by atoms with van der Waals surface area (Å²) in [6.07, 6.45) is 0.810. The van der Waals surface area contributed by atoms with Crippen LogP contribution in [0.3, 0.4) is 0 Å². The molecule has 0 saturated carbocycles. The molecule has 6 heteroatoms. The van der Waals surface area contributed by atoms with Crippen molar-refractivity contribution in [1.82, 2.24) is 9.62 Å². The van der Waals surface area contributed by atoms with Gasteiger partial charge in [-0.3, -0.25) is 4.55 Å².